The van der Waals surface area contributed by atoms with E-state index in [1.54, 1.807) is 0 Å². The predicted molar refractivity (Wildman–Crippen MR) is 129 cm³/mol. The third-order valence-corrected chi connectivity index (χ3v) is 6.11. The van der Waals surface area contributed by atoms with Gasteiger partial charge in [-0.3, -0.25) is 4.79 Å². The molecule has 1 fully saturated rings. The average Bonchev–Trinajstić information content (AvgIpc) is 3.28. The predicted octanol–water partition coefficient (Wildman–Crippen LogP) is 3.93. The van der Waals surface area contributed by atoms with Crippen molar-refractivity contribution in [2.45, 2.75) is 38.8 Å². The molecule has 0 radical (unpaired) electrons. The number of nitrogens with zero attached hydrogens (tertiary/aromatic N) is 1. The van der Waals surface area contributed by atoms with Gasteiger partial charge in [0.05, 0.1) is 12.6 Å². The van der Waals surface area contributed by atoms with E-state index in [1.807, 2.05) is 43.3 Å². The van der Waals surface area contributed by atoms with Gasteiger partial charge < -0.3 is 19.9 Å². The van der Waals surface area contributed by atoms with Gasteiger partial charge in [0, 0.05) is 30.8 Å². The highest BCUT2D eigenvalue weighted by atomic mass is 32.1. The van der Waals surface area contributed by atoms with Crippen molar-refractivity contribution in [1.29, 1.82) is 0 Å². The van der Waals surface area contributed by atoms with E-state index < -0.39 is 0 Å². The van der Waals surface area contributed by atoms with Crippen LogP contribution in [0.1, 0.15) is 29.5 Å². The van der Waals surface area contributed by atoms with E-state index in [-0.39, 0.29) is 11.7 Å². The molecule has 2 heterocycles. The van der Waals surface area contributed by atoms with Crippen LogP contribution in [0, 0.1) is 6.92 Å². The van der Waals surface area contributed by atoms with Crippen LogP contribution < -0.4 is 10.9 Å². The second kappa shape index (κ2) is 10.1. The highest BCUT2D eigenvalue weighted by molar-refractivity contribution is 7.80. The van der Waals surface area contributed by atoms with E-state index in [1.165, 1.54) is 5.56 Å². The molecular formula is C25H29N3O2S. The molecule has 0 amide bonds. The van der Waals surface area contributed by atoms with Crippen molar-refractivity contribution in [3.8, 4) is 0 Å². The molecule has 1 unspecified atom stereocenters. The standard InChI is InChI=1S/C25H29N3O2S/c1-18-9-10-20-15-21(24(29)27-23(20)14-18)16-28(17-22-8-5-13-30-22)25(31)26-12-11-19-6-3-2-4-7-19/h2-4,6-7,9-10,14-15,22H,5,8,11-13,16-17H2,1H3,(H,26,31)(H,27,29). The van der Waals surface area contributed by atoms with Gasteiger partial charge in [-0.1, -0.05) is 42.5 Å². The highest BCUT2D eigenvalue weighted by Gasteiger charge is 2.22. The summed E-state index contributed by atoms with van der Waals surface area (Å²) >= 11 is 5.73. The van der Waals surface area contributed by atoms with Gasteiger partial charge in [-0.25, -0.2) is 0 Å². The van der Waals surface area contributed by atoms with Crippen molar-refractivity contribution in [3.63, 3.8) is 0 Å². The van der Waals surface area contributed by atoms with Gasteiger partial charge in [-0.2, -0.15) is 0 Å². The normalized spacial score (nSPS) is 15.8. The van der Waals surface area contributed by atoms with E-state index in [9.17, 15) is 4.79 Å². The molecule has 31 heavy (non-hydrogen) atoms. The SMILES string of the molecule is Cc1ccc2cc(CN(CC3CCCO3)C(=S)NCCc3ccccc3)c(=O)[nH]c2c1. The average molecular weight is 436 g/mol. The highest BCUT2D eigenvalue weighted by Crippen LogP contribution is 2.17. The molecule has 1 atom stereocenters. The zero-order valence-electron chi connectivity index (χ0n) is 17.9. The summed E-state index contributed by atoms with van der Waals surface area (Å²) in [7, 11) is 0. The van der Waals surface area contributed by atoms with Crippen molar-refractivity contribution in [1.82, 2.24) is 15.2 Å². The van der Waals surface area contributed by atoms with Crippen LogP contribution in [-0.2, 0) is 17.7 Å². The summed E-state index contributed by atoms with van der Waals surface area (Å²) in [5.74, 6) is 0. The van der Waals surface area contributed by atoms with Crippen LogP contribution in [0.3, 0.4) is 0 Å². The monoisotopic (exact) mass is 435 g/mol. The van der Waals surface area contributed by atoms with Crippen molar-refractivity contribution in [2.24, 2.45) is 0 Å². The Labute approximate surface area is 188 Å². The lowest BCUT2D eigenvalue weighted by Crippen LogP contribution is -2.44. The lowest BCUT2D eigenvalue weighted by atomic mass is 10.1. The van der Waals surface area contributed by atoms with Crippen molar-refractivity contribution in [3.05, 3.63) is 81.6 Å². The molecule has 0 aliphatic carbocycles. The Morgan fingerprint density at radius 1 is 1.23 bits per heavy atom. The first kappa shape index (κ1) is 21.5. The van der Waals surface area contributed by atoms with Gasteiger partial charge in [-0.15, -0.1) is 0 Å². The van der Waals surface area contributed by atoms with Crippen molar-refractivity contribution in [2.75, 3.05) is 19.7 Å². The van der Waals surface area contributed by atoms with Gasteiger partial charge >= 0.3 is 0 Å². The molecule has 0 bridgehead atoms. The van der Waals surface area contributed by atoms with E-state index in [2.05, 4.69) is 33.4 Å². The number of rotatable bonds is 7. The van der Waals surface area contributed by atoms with E-state index in [4.69, 9.17) is 17.0 Å². The first-order valence-corrected chi connectivity index (χ1v) is 11.3. The number of fused-ring (bicyclic) bond motifs is 1. The summed E-state index contributed by atoms with van der Waals surface area (Å²) in [5.41, 5.74) is 3.90. The second-order valence-electron chi connectivity index (χ2n) is 8.20. The fraction of sp³-hybridized carbons (Fsp3) is 0.360. The molecule has 5 nitrogen and oxygen atoms in total. The minimum atomic E-state index is -0.0671. The first-order valence-electron chi connectivity index (χ1n) is 10.9. The topological polar surface area (TPSA) is 57.4 Å². The summed E-state index contributed by atoms with van der Waals surface area (Å²) < 4.78 is 5.84. The van der Waals surface area contributed by atoms with Gasteiger partial charge in [0.1, 0.15) is 0 Å². The number of aryl methyl sites for hydroxylation is 1. The summed E-state index contributed by atoms with van der Waals surface area (Å²) in [6, 6.07) is 18.4. The molecule has 0 saturated carbocycles. The van der Waals surface area contributed by atoms with E-state index in [0.717, 1.165) is 48.9 Å². The Hall–Kier alpha value is -2.70. The molecule has 1 aromatic heterocycles. The number of ether oxygens (including phenoxy) is 1. The molecule has 4 rings (SSSR count). The molecule has 1 aliphatic rings. The van der Waals surface area contributed by atoms with E-state index in [0.29, 0.717) is 23.8 Å². The Balaban J connectivity index is 1.48. The lowest BCUT2D eigenvalue weighted by molar-refractivity contribution is 0.0897. The first-order chi connectivity index (χ1) is 15.1. The number of H-pyrrole nitrogens is 1. The van der Waals surface area contributed by atoms with Gasteiger partial charge in [0.25, 0.3) is 5.56 Å². The minimum absolute atomic E-state index is 0.0671. The third kappa shape index (κ3) is 5.71. The van der Waals surface area contributed by atoms with Gasteiger partial charge in [0.15, 0.2) is 5.11 Å². The Bertz CT molecular complexity index is 1090. The fourth-order valence-corrected chi connectivity index (χ4v) is 4.25. The summed E-state index contributed by atoms with van der Waals surface area (Å²) in [6.07, 6.45) is 3.14. The van der Waals surface area contributed by atoms with Crippen LogP contribution in [-0.4, -0.2) is 40.8 Å². The van der Waals surface area contributed by atoms with Crippen LogP contribution in [0.25, 0.3) is 10.9 Å². The molecule has 2 aromatic carbocycles. The summed E-state index contributed by atoms with van der Waals surface area (Å²) in [6.45, 7) is 4.70. The number of thiocarbonyl (C=S) groups is 1. The minimum Gasteiger partial charge on any atom is -0.376 e. The molecular weight excluding hydrogens is 406 g/mol. The molecule has 3 aromatic rings. The zero-order chi connectivity index (χ0) is 21.6. The lowest BCUT2D eigenvalue weighted by Gasteiger charge is -2.28. The zero-order valence-corrected chi connectivity index (χ0v) is 18.7. The number of pyridine rings is 1. The maximum atomic E-state index is 12.8. The fourth-order valence-electron chi connectivity index (χ4n) is 4.01. The van der Waals surface area contributed by atoms with Crippen molar-refractivity contribution >= 4 is 28.2 Å². The molecule has 0 spiro atoms. The molecule has 1 aliphatic heterocycles. The van der Waals surface area contributed by atoms with Crippen LogP contribution in [0.4, 0.5) is 0 Å². The van der Waals surface area contributed by atoms with Crippen LogP contribution in [0.2, 0.25) is 0 Å². The number of benzene rings is 2. The summed E-state index contributed by atoms with van der Waals surface area (Å²) in [5, 5.41) is 5.07. The maximum Gasteiger partial charge on any atom is 0.253 e. The second-order valence-corrected chi connectivity index (χ2v) is 8.58. The van der Waals surface area contributed by atoms with Crippen LogP contribution >= 0.6 is 12.2 Å². The van der Waals surface area contributed by atoms with E-state index >= 15 is 0 Å². The van der Waals surface area contributed by atoms with Crippen molar-refractivity contribution < 1.29 is 4.74 Å². The Kier molecular flexibility index (Phi) is 6.99. The molecule has 2 N–H and O–H groups in total. The number of nitrogens with one attached hydrogen (secondary N) is 2. The number of hydrogen-bond acceptors (Lipinski definition) is 3. The number of aromatic amines is 1. The smallest absolute Gasteiger partial charge is 0.253 e. The quantitative estimate of drug-likeness (QED) is 0.551. The third-order valence-electron chi connectivity index (χ3n) is 5.71. The van der Waals surface area contributed by atoms with Crippen LogP contribution in [0.5, 0.6) is 0 Å². The molecule has 1 saturated heterocycles. The molecule has 162 valence electrons. The Morgan fingerprint density at radius 2 is 2.06 bits per heavy atom. The maximum absolute atomic E-state index is 12.8. The molecule has 6 heteroatoms. The van der Waals surface area contributed by atoms with Gasteiger partial charge in [-0.05, 0) is 67.0 Å². The number of hydrogen-bond donors (Lipinski definition) is 2. The summed E-state index contributed by atoms with van der Waals surface area (Å²) in [4.78, 5) is 17.9. The largest absolute Gasteiger partial charge is 0.376 e. The number of aromatic nitrogens is 1. The van der Waals surface area contributed by atoms with Crippen LogP contribution in [0.15, 0.2) is 59.4 Å². The van der Waals surface area contributed by atoms with Gasteiger partial charge in [0.2, 0.25) is 0 Å². The Morgan fingerprint density at radius 3 is 2.84 bits per heavy atom.